The molecule has 26 heavy (non-hydrogen) atoms. The summed E-state index contributed by atoms with van der Waals surface area (Å²) in [5.41, 5.74) is 1.91. The maximum atomic E-state index is 14.6. The second-order valence-corrected chi connectivity index (χ2v) is 6.73. The maximum absolute atomic E-state index is 14.6. The van der Waals surface area contributed by atoms with Crippen molar-refractivity contribution in [3.05, 3.63) is 42.0 Å². The molecule has 4 rings (SSSR count). The topological polar surface area (TPSA) is 69.0 Å². The van der Waals surface area contributed by atoms with E-state index in [4.69, 9.17) is 14.2 Å². The molecule has 2 aliphatic rings. The van der Waals surface area contributed by atoms with Gasteiger partial charge in [-0.05, 0) is 30.9 Å². The second kappa shape index (κ2) is 7.84. The van der Waals surface area contributed by atoms with E-state index in [9.17, 15) is 9.50 Å². The molecular weight excluding hydrogens is 339 g/mol. The quantitative estimate of drug-likeness (QED) is 0.767. The molecule has 0 radical (unpaired) electrons. The Morgan fingerprint density at radius 2 is 2.19 bits per heavy atom. The fraction of sp³-hybridized carbons (Fsp3) is 0.526. The van der Waals surface area contributed by atoms with Crippen molar-refractivity contribution in [3.8, 4) is 11.1 Å². The first-order valence-corrected chi connectivity index (χ1v) is 9.04. The van der Waals surface area contributed by atoms with Crippen LogP contribution >= 0.6 is 0 Å². The first kappa shape index (κ1) is 17.6. The average molecular weight is 362 g/mol. The molecule has 1 aromatic heterocycles. The highest BCUT2D eigenvalue weighted by molar-refractivity contribution is 5.62. The predicted octanol–water partition coefficient (Wildman–Crippen LogP) is 2.84. The zero-order valence-corrected chi connectivity index (χ0v) is 14.5. The molecule has 2 fully saturated rings. The minimum absolute atomic E-state index is 0.0431. The van der Waals surface area contributed by atoms with Gasteiger partial charge in [-0.15, -0.1) is 0 Å². The van der Waals surface area contributed by atoms with Crippen LogP contribution in [0.4, 0.5) is 4.39 Å². The number of rotatable bonds is 7. The van der Waals surface area contributed by atoms with Gasteiger partial charge in [-0.2, -0.15) is 5.10 Å². The normalized spacial score (nSPS) is 23.8. The number of aliphatic hydroxyl groups excluding tert-OH is 1. The highest BCUT2D eigenvalue weighted by Crippen LogP contribution is 2.29. The number of nitrogens with zero attached hydrogens (tertiary/aromatic N) is 2. The van der Waals surface area contributed by atoms with E-state index in [1.807, 2.05) is 12.3 Å². The smallest absolute Gasteiger partial charge is 0.150 e. The van der Waals surface area contributed by atoms with E-state index in [-0.39, 0.29) is 18.9 Å². The molecule has 0 spiro atoms. The number of aromatic nitrogens is 2. The Kier molecular flexibility index (Phi) is 5.31. The largest absolute Gasteiger partial charge is 0.393 e. The Morgan fingerprint density at radius 3 is 2.88 bits per heavy atom. The van der Waals surface area contributed by atoms with Gasteiger partial charge >= 0.3 is 0 Å². The lowest BCUT2D eigenvalue weighted by Gasteiger charge is -2.22. The van der Waals surface area contributed by atoms with Gasteiger partial charge in [0.05, 0.1) is 26.0 Å². The molecule has 0 aliphatic carbocycles. The van der Waals surface area contributed by atoms with E-state index in [1.54, 1.807) is 16.9 Å². The first-order chi connectivity index (χ1) is 12.7. The van der Waals surface area contributed by atoms with Gasteiger partial charge in [0.25, 0.3) is 0 Å². The summed E-state index contributed by atoms with van der Waals surface area (Å²) >= 11 is 0. The molecule has 1 N–H and O–H groups in total. The molecule has 2 aliphatic heterocycles. The molecule has 7 heteroatoms. The van der Waals surface area contributed by atoms with Crippen molar-refractivity contribution in [1.82, 2.24) is 9.78 Å². The number of halogens is 1. The van der Waals surface area contributed by atoms with Crippen molar-refractivity contribution >= 4 is 0 Å². The molecule has 2 saturated heterocycles. The molecule has 0 saturated carbocycles. The van der Waals surface area contributed by atoms with Crippen LogP contribution in [-0.2, 0) is 14.2 Å². The fourth-order valence-corrected chi connectivity index (χ4v) is 3.17. The van der Waals surface area contributed by atoms with Gasteiger partial charge < -0.3 is 19.3 Å². The summed E-state index contributed by atoms with van der Waals surface area (Å²) in [6.07, 6.45) is 6.08. The highest BCUT2D eigenvalue weighted by Gasteiger charge is 2.26. The molecule has 3 heterocycles. The first-order valence-electron chi connectivity index (χ1n) is 9.04. The summed E-state index contributed by atoms with van der Waals surface area (Å²) in [7, 11) is 0. The van der Waals surface area contributed by atoms with E-state index < -0.39 is 11.9 Å². The summed E-state index contributed by atoms with van der Waals surface area (Å²) in [5, 5.41) is 13.9. The molecule has 0 amide bonds. The Balaban J connectivity index is 1.48. The van der Waals surface area contributed by atoms with Gasteiger partial charge in [0.15, 0.2) is 0 Å². The number of benzene rings is 1. The lowest BCUT2D eigenvalue weighted by molar-refractivity contribution is -0.0394. The van der Waals surface area contributed by atoms with Crippen LogP contribution in [0.25, 0.3) is 11.1 Å². The standard InChI is InChI=1S/C19H23FN2O4/c20-17-7-13(4-5-16(17)18(10-23)26-12-15-11-25-15)14-8-21-22(9-14)19-3-1-2-6-24-19/h4-5,7-9,15,18-19,23H,1-3,6,10-12H2. The summed E-state index contributed by atoms with van der Waals surface area (Å²) in [6, 6.07) is 4.94. The Labute approximate surface area is 151 Å². The van der Waals surface area contributed by atoms with E-state index >= 15 is 0 Å². The maximum Gasteiger partial charge on any atom is 0.150 e. The van der Waals surface area contributed by atoms with Crippen LogP contribution in [0.1, 0.15) is 37.2 Å². The number of aliphatic hydroxyl groups is 1. The van der Waals surface area contributed by atoms with E-state index in [0.29, 0.717) is 18.8 Å². The summed E-state index contributed by atoms with van der Waals surface area (Å²) in [4.78, 5) is 0. The molecule has 1 aromatic carbocycles. The molecule has 0 bridgehead atoms. The zero-order chi connectivity index (χ0) is 17.9. The Morgan fingerprint density at radius 1 is 1.31 bits per heavy atom. The minimum atomic E-state index is -0.688. The van der Waals surface area contributed by atoms with Gasteiger partial charge in [0.1, 0.15) is 24.3 Å². The van der Waals surface area contributed by atoms with Crippen molar-refractivity contribution in [2.24, 2.45) is 0 Å². The molecule has 2 aromatic rings. The van der Waals surface area contributed by atoms with Gasteiger partial charge in [-0.3, -0.25) is 0 Å². The monoisotopic (exact) mass is 362 g/mol. The van der Waals surface area contributed by atoms with Crippen LogP contribution in [0.3, 0.4) is 0 Å². The van der Waals surface area contributed by atoms with E-state index in [2.05, 4.69) is 5.10 Å². The lowest BCUT2D eigenvalue weighted by atomic mass is 10.0. The van der Waals surface area contributed by atoms with Gasteiger partial charge in [0, 0.05) is 23.9 Å². The molecule has 3 atom stereocenters. The van der Waals surface area contributed by atoms with Crippen molar-refractivity contribution in [1.29, 1.82) is 0 Å². The second-order valence-electron chi connectivity index (χ2n) is 6.73. The number of epoxide rings is 1. The number of hydrogen-bond donors (Lipinski definition) is 1. The van der Waals surface area contributed by atoms with Crippen LogP contribution in [-0.4, -0.2) is 47.4 Å². The number of ether oxygens (including phenoxy) is 3. The van der Waals surface area contributed by atoms with Gasteiger partial charge in [-0.25, -0.2) is 9.07 Å². The lowest BCUT2D eigenvalue weighted by Crippen LogP contribution is -2.18. The third-order valence-corrected chi connectivity index (χ3v) is 4.78. The van der Waals surface area contributed by atoms with Crippen LogP contribution in [0.15, 0.2) is 30.6 Å². The Hall–Kier alpha value is -1.80. The number of hydrogen-bond acceptors (Lipinski definition) is 5. The molecule has 3 unspecified atom stereocenters. The van der Waals surface area contributed by atoms with Crippen LogP contribution in [0, 0.1) is 5.82 Å². The van der Waals surface area contributed by atoms with Gasteiger partial charge in [-0.1, -0.05) is 12.1 Å². The van der Waals surface area contributed by atoms with Gasteiger partial charge in [0.2, 0.25) is 0 Å². The fourth-order valence-electron chi connectivity index (χ4n) is 3.17. The summed E-state index contributed by atoms with van der Waals surface area (Å²) in [6.45, 7) is 1.49. The molecule has 140 valence electrons. The van der Waals surface area contributed by atoms with Crippen molar-refractivity contribution in [3.63, 3.8) is 0 Å². The third kappa shape index (κ3) is 3.96. The highest BCUT2D eigenvalue weighted by atomic mass is 19.1. The average Bonchev–Trinajstić information content (AvgIpc) is 3.37. The van der Waals surface area contributed by atoms with Crippen LogP contribution in [0.2, 0.25) is 0 Å². The van der Waals surface area contributed by atoms with Crippen molar-refractivity contribution < 1.29 is 23.7 Å². The van der Waals surface area contributed by atoms with E-state index in [0.717, 1.165) is 37.0 Å². The van der Waals surface area contributed by atoms with E-state index in [1.165, 1.54) is 6.07 Å². The Bertz CT molecular complexity index is 741. The summed E-state index contributed by atoms with van der Waals surface area (Å²) < 4.78 is 32.8. The zero-order valence-electron chi connectivity index (χ0n) is 14.5. The summed E-state index contributed by atoms with van der Waals surface area (Å²) in [5.74, 6) is -0.403. The van der Waals surface area contributed by atoms with Crippen molar-refractivity contribution in [2.75, 3.05) is 26.4 Å². The van der Waals surface area contributed by atoms with Crippen molar-refractivity contribution in [2.45, 2.75) is 37.7 Å². The molecular formula is C19H23FN2O4. The predicted molar refractivity (Wildman–Crippen MR) is 92.0 cm³/mol. The SMILES string of the molecule is OCC(OCC1CO1)c1ccc(-c2cnn(C3CCCCO3)c2)cc1F. The minimum Gasteiger partial charge on any atom is -0.393 e. The van der Waals surface area contributed by atoms with Crippen LogP contribution < -0.4 is 0 Å². The third-order valence-electron chi connectivity index (χ3n) is 4.78. The molecule has 6 nitrogen and oxygen atoms in total. The van der Waals surface area contributed by atoms with Crippen LogP contribution in [0.5, 0.6) is 0 Å².